The molecule has 0 radical (unpaired) electrons. The van der Waals surface area contributed by atoms with Gasteiger partial charge in [-0.05, 0) is 37.1 Å². The maximum absolute atomic E-state index is 3.78. The molecular formula is C14H31N. The summed E-state index contributed by atoms with van der Waals surface area (Å²) in [6.07, 6.45) is 0. The maximum atomic E-state index is 3.78. The van der Waals surface area contributed by atoms with Crippen LogP contribution in [0.4, 0.5) is 0 Å². The molecule has 0 amide bonds. The van der Waals surface area contributed by atoms with Gasteiger partial charge in [0.25, 0.3) is 0 Å². The topological polar surface area (TPSA) is 12.0 Å². The zero-order chi connectivity index (χ0) is 12.2. The molecule has 0 saturated carbocycles. The molecule has 0 heterocycles. The van der Waals surface area contributed by atoms with E-state index in [1.165, 1.54) is 0 Å². The van der Waals surface area contributed by atoms with Crippen molar-refractivity contribution in [2.75, 3.05) is 6.54 Å². The van der Waals surface area contributed by atoms with Crippen molar-refractivity contribution in [3.8, 4) is 0 Å². The Morgan fingerprint density at radius 3 is 1.67 bits per heavy atom. The number of rotatable bonds is 6. The van der Waals surface area contributed by atoms with Crippen LogP contribution >= 0.6 is 0 Å². The molecule has 0 spiro atoms. The molecule has 0 saturated heterocycles. The van der Waals surface area contributed by atoms with Crippen LogP contribution in [-0.4, -0.2) is 12.1 Å². The Labute approximate surface area is 97.0 Å². The van der Waals surface area contributed by atoms with E-state index in [0.717, 1.165) is 18.4 Å². The van der Waals surface area contributed by atoms with E-state index in [2.05, 4.69) is 60.7 Å². The second-order valence-corrected chi connectivity index (χ2v) is 6.24. The summed E-state index contributed by atoms with van der Waals surface area (Å²) in [5, 5.41) is 3.78. The summed E-state index contributed by atoms with van der Waals surface area (Å²) >= 11 is 0. The molecule has 0 rings (SSSR count). The Morgan fingerprint density at radius 1 is 0.933 bits per heavy atom. The Kier molecular flexibility index (Phi) is 5.87. The lowest BCUT2D eigenvalue weighted by Crippen LogP contribution is -2.54. The van der Waals surface area contributed by atoms with Gasteiger partial charge in [-0.3, -0.25) is 0 Å². The molecule has 0 aliphatic carbocycles. The molecule has 0 aromatic heterocycles. The van der Waals surface area contributed by atoms with E-state index in [-0.39, 0.29) is 5.54 Å². The first-order valence-electron chi connectivity index (χ1n) is 6.46. The van der Waals surface area contributed by atoms with Gasteiger partial charge in [0.15, 0.2) is 0 Å². The van der Waals surface area contributed by atoms with Crippen LogP contribution in [0, 0.1) is 23.7 Å². The smallest absolute Gasteiger partial charge is 0.0204 e. The second-order valence-electron chi connectivity index (χ2n) is 6.24. The fourth-order valence-corrected chi connectivity index (χ4v) is 2.01. The largest absolute Gasteiger partial charge is 0.311 e. The van der Waals surface area contributed by atoms with Crippen molar-refractivity contribution >= 4 is 0 Å². The van der Waals surface area contributed by atoms with Gasteiger partial charge in [-0.2, -0.15) is 0 Å². The summed E-state index contributed by atoms with van der Waals surface area (Å²) in [4.78, 5) is 0. The molecule has 2 unspecified atom stereocenters. The van der Waals surface area contributed by atoms with Crippen LogP contribution in [0.2, 0.25) is 0 Å². The third-order valence-corrected chi connectivity index (χ3v) is 4.04. The Hall–Kier alpha value is -0.0400. The van der Waals surface area contributed by atoms with E-state index in [1.54, 1.807) is 0 Å². The molecule has 1 heteroatoms. The maximum Gasteiger partial charge on any atom is 0.0204 e. The Bertz CT molecular complexity index is 172. The van der Waals surface area contributed by atoms with Crippen molar-refractivity contribution < 1.29 is 0 Å². The van der Waals surface area contributed by atoms with Crippen molar-refractivity contribution in [1.29, 1.82) is 0 Å². The SMILES string of the molecule is CC(C)CNC(C)(C(C)C)C(C)C(C)C. The van der Waals surface area contributed by atoms with E-state index < -0.39 is 0 Å². The van der Waals surface area contributed by atoms with Gasteiger partial charge in [0.05, 0.1) is 0 Å². The summed E-state index contributed by atoms with van der Waals surface area (Å²) in [5.41, 5.74) is 0.262. The Balaban J connectivity index is 4.59. The summed E-state index contributed by atoms with van der Waals surface area (Å²) in [7, 11) is 0. The highest BCUT2D eigenvalue weighted by Gasteiger charge is 2.35. The first kappa shape index (κ1) is 15.0. The zero-order valence-electron chi connectivity index (χ0n) is 12.0. The third-order valence-electron chi connectivity index (χ3n) is 4.04. The van der Waals surface area contributed by atoms with Crippen molar-refractivity contribution in [1.82, 2.24) is 5.32 Å². The number of nitrogens with one attached hydrogen (secondary N) is 1. The summed E-state index contributed by atoms with van der Waals surface area (Å²) in [6, 6.07) is 0. The lowest BCUT2D eigenvalue weighted by molar-refractivity contribution is 0.133. The van der Waals surface area contributed by atoms with E-state index in [4.69, 9.17) is 0 Å². The monoisotopic (exact) mass is 213 g/mol. The molecule has 0 aliphatic rings. The molecule has 0 fully saturated rings. The standard InChI is InChI=1S/C14H31N/c1-10(2)9-15-14(8,12(5)6)13(7)11(3)4/h10-13,15H,9H2,1-8H3. The second kappa shape index (κ2) is 5.89. The molecule has 2 atom stereocenters. The van der Waals surface area contributed by atoms with Crippen LogP contribution in [0.15, 0.2) is 0 Å². The molecule has 1 N–H and O–H groups in total. The summed E-state index contributed by atoms with van der Waals surface area (Å²) in [5.74, 6) is 2.84. The van der Waals surface area contributed by atoms with Gasteiger partial charge < -0.3 is 5.32 Å². The van der Waals surface area contributed by atoms with E-state index in [1.807, 2.05) is 0 Å². The van der Waals surface area contributed by atoms with Crippen LogP contribution in [0.25, 0.3) is 0 Å². The van der Waals surface area contributed by atoms with Gasteiger partial charge in [0.2, 0.25) is 0 Å². The van der Waals surface area contributed by atoms with Crippen molar-refractivity contribution in [3.63, 3.8) is 0 Å². The number of hydrogen-bond donors (Lipinski definition) is 1. The number of hydrogen-bond acceptors (Lipinski definition) is 1. The molecule has 0 aromatic carbocycles. The molecule has 0 aromatic rings. The molecule has 92 valence electrons. The van der Waals surface area contributed by atoms with Crippen molar-refractivity contribution in [3.05, 3.63) is 0 Å². The lowest BCUT2D eigenvalue weighted by atomic mass is 9.72. The first-order valence-corrected chi connectivity index (χ1v) is 6.46. The molecule has 1 nitrogen and oxygen atoms in total. The Morgan fingerprint density at radius 2 is 1.40 bits per heavy atom. The highest BCUT2D eigenvalue weighted by Crippen LogP contribution is 2.31. The average molecular weight is 213 g/mol. The van der Waals surface area contributed by atoms with Crippen LogP contribution in [-0.2, 0) is 0 Å². The van der Waals surface area contributed by atoms with E-state index in [0.29, 0.717) is 11.8 Å². The van der Waals surface area contributed by atoms with Crippen LogP contribution in [0.1, 0.15) is 55.4 Å². The fourth-order valence-electron chi connectivity index (χ4n) is 2.01. The van der Waals surface area contributed by atoms with Crippen molar-refractivity contribution in [2.45, 2.75) is 60.9 Å². The van der Waals surface area contributed by atoms with Gasteiger partial charge in [0.1, 0.15) is 0 Å². The van der Waals surface area contributed by atoms with Crippen LogP contribution < -0.4 is 5.32 Å². The molecule has 15 heavy (non-hydrogen) atoms. The van der Waals surface area contributed by atoms with Crippen LogP contribution in [0.5, 0.6) is 0 Å². The van der Waals surface area contributed by atoms with Crippen LogP contribution in [0.3, 0.4) is 0 Å². The lowest BCUT2D eigenvalue weighted by Gasteiger charge is -2.43. The van der Waals surface area contributed by atoms with Gasteiger partial charge in [-0.15, -0.1) is 0 Å². The van der Waals surface area contributed by atoms with Gasteiger partial charge in [0, 0.05) is 5.54 Å². The predicted molar refractivity (Wildman–Crippen MR) is 70.1 cm³/mol. The van der Waals surface area contributed by atoms with Gasteiger partial charge in [-0.1, -0.05) is 48.5 Å². The highest BCUT2D eigenvalue weighted by molar-refractivity contribution is 4.92. The summed E-state index contributed by atoms with van der Waals surface area (Å²) < 4.78 is 0. The van der Waals surface area contributed by atoms with E-state index >= 15 is 0 Å². The molecule has 0 aliphatic heterocycles. The molecular weight excluding hydrogens is 182 g/mol. The van der Waals surface area contributed by atoms with Gasteiger partial charge in [-0.25, -0.2) is 0 Å². The van der Waals surface area contributed by atoms with Gasteiger partial charge >= 0.3 is 0 Å². The third kappa shape index (κ3) is 4.14. The summed E-state index contributed by atoms with van der Waals surface area (Å²) in [6.45, 7) is 19.7. The first-order chi connectivity index (χ1) is 6.71. The van der Waals surface area contributed by atoms with Crippen molar-refractivity contribution in [2.24, 2.45) is 23.7 Å². The highest BCUT2D eigenvalue weighted by atomic mass is 15.0. The minimum absolute atomic E-state index is 0.262. The normalized spacial score (nSPS) is 18.6. The molecule has 0 bridgehead atoms. The fraction of sp³-hybridized carbons (Fsp3) is 1.00. The van der Waals surface area contributed by atoms with E-state index in [9.17, 15) is 0 Å². The zero-order valence-corrected chi connectivity index (χ0v) is 12.0. The predicted octanol–water partition coefficient (Wildman–Crippen LogP) is 3.94. The minimum Gasteiger partial charge on any atom is -0.311 e. The minimum atomic E-state index is 0.262. The quantitative estimate of drug-likeness (QED) is 0.705. The average Bonchev–Trinajstić information content (AvgIpc) is 2.12.